The highest BCUT2D eigenvalue weighted by atomic mass is 32.2. The molecule has 0 atom stereocenters. The van der Waals surface area contributed by atoms with Crippen molar-refractivity contribution < 1.29 is 14.6 Å². The van der Waals surface area contributed by atoms with Gasteiger partial charge in [-0.05, 0) is 19.1 Å². The monoisotopic (exact) mass is 204 g/mol. The summed E-state index contributed by atoms with van der Waals surface area (Å²) in [6, 6.07) is 0. The molecule has 0 amide bonds. The van der Waals surface area contributed by atoms with Crippen LogP contribution < -0.4 is 0 Å². The van der Waals surface area contributed by atoms with Crippen LogP contribution >= 0.6 is 11.8 Å². The van der Waals surface area contributed by atoms with Gasteiger partial charge in [0.05, 0.1) is 0 Å². The molecule has 0 saturated carbocycles. The normalized spacial score (nSPS) is 11.7. The predicted octanol–water partition coefficient (Wildman–Crippen LogP) is 1.79. The molecule has 0 saturated heterocycles. The summed E-state index contributed by atoms with van der Waals surface area (Å²) in [5.74, 6) is 0.941. The van der Waals surface area contributed by atoms with E-state index in [2.05, 4.69) is 0 Å². The van der Waals surface area contributed by atoms with Gasteiger partial charge in [0.2, 0.25) is 0 Å². The fourth-order valence-corrected chi connectivity index (χ4v) is 1.52. The van der Waals surface area contributed by atoms with E-state index >= 15 is 0 Å². The van der Waals surface area contributed by atoms with Gasteiger partial charge in [-0.15, -0.1) is 0 Å². The van der Waals surface area contributed by atoms with Crippen molar-refractivity contribution in [1.82, 2.24) is 0 Å². The Morgan fingerprint density at radius 3 is 2.85 bits per heavy atom. The highest BCUT2D eigenvalue weighted by Gasteiger charge is 1.97. The van der Waals surface area contributed by atoms with Crippen LogP contribution in [-0.4, -0.2) is 36.3 Å². The minimum atomic E-state index is -0.836. The van der Waals surface area contributed by atoms with Crippen LogP contribution in [0.5, 0.6) is 0 Å². The number of thioether (sulfide) groups is 1. The van der Waals surface area contributed by atoms with Gasteiger partial charge in [0.1, 0.15) is 0 Å². The van der Waals surface area contributed by atoms with Gasteiger partial charge < -0.3 is 9.84 Å². The Morgan fingerprint density at radius 1 is 1.62 bits per heavy atom. The second-order valence-corrected chi connectivity index (χ2v) is 3.76. The Kier molecular flexibility index (Phi) is 7.83. The molecule has 0 fully saturated rings. The van der Waals surface area contributed by atoms with Gasteiger partial charge in [-0.3, -0.25) is 0 Å². The van der Waals surface area contributed by atoms with Crippen molar-refractivity contribution in [2.45, 2.75) is 13.3 Å². The van der Waals surface area contributed by atoms with Gasteiger partial charge in [-0.2, -0.15) is 11.8 Å². The molecule has 4 heteroatoms. The first-order valence-corrected chi connectivity index (χ1v) is 5.30. The van der Waals surface area contributed by atoms with Gasteiger partial charge >= 0.3 is 5.97 Å². The summed E-state index contributed by atoms with van der Waals surface area (Å²) in [6.45, 7) is 2.38. The molecule has 0 bridgehead atoms. The number of hydrogen-bond donors (Lipinski definition) is 1. The van der Waals surface area contributed by atoms with Crippen molar-refractivity contribution >= 4 is 17.7 Å². The Labute approximate surface area is 83.2 Å². The Hall–Kier alpha value is -0.480. The highest BCUT2D eigenvalue weighted by molar-refractivity contribution is 7.99. The van der Waals surface area contributed by atoms with E-state index in [1.165, 1.54) is 0 Å². The largest absolute Gasteiger partial charge is 0.478 e. The molecule has 76 valence electrons. The van der Waals surface area contributed by atoms with Gasteiger partial charge in [0.15, 0.2) is 0 Å². The molecule has 1 N–H and O–H groups in total. The molecule has 0 aromatic heterocycles. The fourth-order valence-electron chi connectivity index (χ4n) is 0.660. The summed E-state index contributed by atoms with van der Waals surface area (Å²) in [5.41, 5.74) is 0.416. The molecule has 0 heterocycles. The molecule has 3 nitrogen and oxygen atoms in total. The Bertz CT molecular complexity index is 178. The van der Waals surface area contributed by atoms with Crippen molar-refractivity contribution in [2.75, 3.05) is 25.2 Å². The van der Waals surface area contributed by atoms with Crippen LogP contribution in [0.25, 0.3) is 0 Å². The first-order valence-electron chi connectivity index (χ1n) is 4.15. The van der Waals surface area contributed by atoms with E-state index in [0.717, 1.165) is 24.5 Å². The molecular formula is C9H16O3S. The zero-order chi connectivity index (χ0) is 10.1. The van der Waals surface area contributed by atoms with Crippen LogP contribution in [0.1, 0.15) is 13.3 Å². The molecule has 13 heavy (non-hydrogen) atoms. The van der Waals surface area contributed by atoms with Crippen LogP contribution in [0.3, 0.4) is 0 Å². The molecule has 0 aromatic carbocycles. The second kappa shape index (κ2) is 8.13. The minimum absolute atomic E-state index is 0.416. The molecule has 0 unspecified atom stereocenters. The topological polar surface area (TPSA) is 46.5 Å². The van der Waals surface area contributed by atoms with Crippen molar-refractivity contribution in [1.29, 1.82) is 0 Å². The average Bonchev–Trinajstić information content (AvgIpc) is 2.10. The molecule has 0 aliphatic carbocycles. The molecule has 0 radical (unpaired) electrons. The lowest BCUT2D eigenvalue weighted by molar-refractivity contribution is -0.132. The van der Waals surface area contributed by atoms with E-state index in [1.54, 1.807) is 31.9 Å². The zero-order valence-corrected chi connectivity index (χ0v) is 8.89. The quantitative estimate of drug-likeness (QED) is 0.507. The van der Waals surface area contributed by atoms with Crippen molar-refractivity contribution in [3.8, 4) is 0 Å². The maximum absolute atomic E-state index is 10.4. The van der Waals surface area contributed by atoms with Crippen molar-refractivity contribution in [2.24, 2.45) is 0 Å². The second-order valence-electron chi connectivity index (χ2n) is 2.61. The molecular weight excluding hydrogens is 188 g/mol. The van der Waals surface area contributed by atoms with Crippen LogP contribution in [0.2, 0.25) is 0 Å². The summed E-state index contributed by atoms with van der Waals surface area (Å²) >= 11 is 1.72. The number of rotatable bonds is 7. The molecule has 0 aromatic rings. The predicted molar refractivity (Wildman–Crippen MR) is 55.2 cm³/mol. The summed E-state index contributed by atoms with van der Waals surface area (Å²) < 4.78 is 4.88. The SMILES string of the molecule is COCCCSCC=C(C)C(=O)O. The number of methoxy groups -OCH3 is 1. The summed E-state index contributed by atoms with van der Waals surface area (Å²) in [6.07, 6.45) is 2.75. The van der Waals surface area contributed by atoms with Crippen LogP contribution in [0.15, 0.2) is 11.6 Å². The lowest BCUT2D eigenvalue weighted by Gasteiger charge is -1.98. The Balaban J connectivity index is 3.34. The van der Waals surface area contributed by atoms with Gasteiger partial charge in [0, 0.05) is 25.0 Å². The lowest BCUT2D eigenvalue weighted by atomic mass is 10.3. The maximum atomic E-state index is 10.4. The van der Waals surface area contributed by atoms with Crippen LogP contribution in [0, 0.1) is 0 Å². The van der Waals surface area contributed by atoms with Crippen molar-refractivity contribution in [3.63, 3.8) is 0 Å². The fraction of sp³-hybridized carbons (Fsp3) is 0.667. The molecule has 0 aliphatic heterocycles. The van der Waals surface area contributed by atoms with Crippen LogP contribution in [0.4, 0.5) is 0 Å². The highest BCUT2D eigenvalue weighted by Crippen LogP contribution is 2.04. The van der Waals surface area contributed by atoms with E-state index in [4.69, 9.17) is 9.84 Å². The molecule has 0 aliphatic rings. The number of carboxylic acid groups (broad SMARTS) is 1. The first kappa shape index (κ1) is 12.5. The van der Waals surface area contributed by atoms with Crippen molar-refractivity contribution in [3.05, 3.63) is 11.6 Å². The molecule has 0 rings (SSSR count). The third-order valence-electron chi connectivity index (χ3n) is 1.48. The van der Waals surface area contributed by atoms with E-state index < -0.39 is 5.97 Å². The molecule has 0 spiro atoms. The number of aliphatic carboxylic acids is 1. The number of hydrogen-bond acceptors (Lipinski definition) is 3. The summed E-state index contributed by atoms with van der Waals surface area (Å²) in [7, 11) is 1.68. The standard InChI is InChI=1S/C9H16O3S/c1-8(9(10)11)4-7-13-6-3-5-12-2/h4H,3,5-7H2,1-2H3,(H,10,11). The summed E-state index contributed by atoms with van der Waals surface area (Å²) in [5, 5.41) is 8.53. The third-order valence-corrected chi connectivity index (χ3v) is 2.46. The third kappa shape index (κ3) is 7.87. The summed E-state index contributed by atoms with van der Waals surface area (Å²) in [4.78, 5) is 10.4. The number of ether oxygens (including phenoxy) is 1. The Morgan fingerprint density at radius 2 is 2.31 bits per heavy atom. The average molecular weight is 204 g/mol. The van der Waals surface area contributed by atoms with Gasteiger partial charge in [-0.25, -0.2) is 4.79 Å². The van der Waals surface area contributed by atoms with E-state index in [1.807, 2.05) is 0 Å². The van der Waals surface area contributed by atoms with E-state index in [-0.39, 0.29) is 0 Å². The maximum Gasteiger partial charge on any atom is 0.330 e. The zero-order valence-electron chi connectivity index (χ0n) is 8.08. The van der Waals surface area contributed by atoms with E-state index in [0.29, 0.717) is 5.57 Å². The minimum Gasteiger partial charge on any atom is -0.478 e. The number of carbonyl (C=O) groups is 1. The van der Waals surface area contributed by atoms with E-state index in [9.17, 15) is 4.79 Å². The van der Waals surface area contributed by atoms with Gasteiger partial charge in [0.25, 0.3) is 0 Å². The smallest absolute Gasteiger partial charge is 0.330 e. The van der Waals surface area contributed by atoms with Gasteiger partial charge in [-0.1, -0.05) is 6.08 Å². The van der Waals surface area contributed by atoms with Crippen LogP contribution in [-0.2, 0) is 9.53 Å². The first-order chi connectivity index (χ1) is 6.18. The number of carboxylic acids is 1. The lowest BCUT2D eigenvalue weighted by Crippen LogP contribution is -1.96.